The van der Waals surface area contributed by atoms with Gasteiger partial charge in [-0.25, -0.2) is 0 Å². The zero-order valence-electron chi connectivity index (χ0n) is 49.9. The monoisotopic (exact) mass is 1330 g/mol. The number of para-hydroxylation sites is 4. The van der Waals surface area contributed by atoms with E-state index in [1.165, 1.54) is 67.9 Å². The molecule has 15 rings (SSSR count). The summed E-state index contributed by atoms with van der Waals surface area (Å²) in [5.74, 6) is 1.03. The molecule has 0 bridgehead atoms. The number of aryl methyl sites for hydroxylation is 4. The summed E-state index contributed by atoms with van der Waals surface area (Å²) in [4.78, 5) is 14.3. The maximum absolute atomic E-state index is 13.2. The number of nitrogens with zero attached hydrogens (tertiary/aromatic N) is 4. The number of aromatic nitrogens is 4. The maximum atomic E-state index is 13.2. The predicted molar refractivity (Wildman–Crippen MR) is 357 cm³/mol. The first-order chi connectivity index (χ1) is 43.1. The van der Waals surface area contributed by atoms with Crippen molar-refractivity contribution in [3.8, 4) is 61.8 Å². The van der Waals surface area contributed by atoms with E-state index in [9.17, 15) is 4.39 Å². The molecule has 0 atom stereocenters. The number of halogens is 1. The molecule has 5 heterocycles. The quantitative estimate of drug-likeness (QED) is 0.101. The van der Waals surface area contributed by atoms with E-state index in [4.69, 9.17) is 13.8 Å². The zero-order chi connectivity index (χ0) is 59.7. The van der Waals surface area contributed by atoms with Crippen LogP contribution >= 0.6 is 0 Å². The van der Waals surface area contributed by atoms with E-state index in [0.29, 0.717) is 0 Å². The molecule has 89 heavy (non-hydrogen) atoms. The summed E-state index contributed by atoms with van der Waals surface area (Å²) in [6.45, 7) is 9.11. The number of fused-ring (bicyclic) bond motifs is 7. The van der Waals surface area contributed by atoms with Crippen LogP contribution in [0.2, 0.25) is 0 Å². The Balaban J connectivity index is 0.000000164. The van der Waals surface area contributed by atoms with E-state index in [1.54, 1.807) is 6.07 Å². The molecular formula is C81H62FIrN4O2. The molecule has 0 fully saturated rings. The molecule has 0 spiro atoms. The van der Waals surface area contributed by atoms with E-state index in [2.05, 4.69) is 218 Å². The fraction of sp³-hybridized carbons (Fsp3) is 0.123. The van der Waals surface area contributed by atoms with Crippen LogP contribution in [0.15, 0.2) is 252 Å². The van der Waals surface area contributed by atoms with E-state index in [0.717, 1.165) is 120 Å². The van der Waals surface area contributed by atoms with Gasteiger partial charge in [-0.05, 0) is 147 Å². The van der Waals surface area contributed by atoms with Crippen LogP contribution in [0.1, 0.15) is 72.9 Å². The number of hydrogen-bond donors (Lipinski definition) is 0. The molecule has 0 aliphatic rings. The van der Waals surface area contributed by atoms with E-state index in [1.807, 2.05) is 67.0 Å². The Labute approximate surface area is 531 Å². The molecule has 6 nitrogen and oxygen atoms in total. The Morgan fingerprint density at radius 1 is 0.461 bits per heavy atom. The van der Waals surface area contributed by atoms with E-state index in [-0.39, 0.29) is 37.8 Å². The fourth-order valence-electron chi connectivity index (χ4n) is 12.2. The van der Waals surface area contributed by atoms with Crippen molar-refractivity contribution in [2.45, 2.75) is 65.2 Å². The van der Waals surface area contributed by atoms with Crippen LogP contribution in [-0.4, -0.2) is 19.5 Å². The van der Waals surface area contributed by atoms with Crippen LogP contribution in [0.3, 0.4) is 0 Å². The van der Waals surface area contributed by atoms with Gasteiger partial charge in [0, 0.05) is 40.1 Å². The summed E-state index contributed by atoms with van der Waals surface area (Å²) in [7, 11) is 0. The summed E-state index contributed by atoms with van der Waals surface area (Å²) >= 11 is 0. The van der Waals surface area contributed by atoms with Crippen molar-refractivity contribution in [2.24, 2.45) is 0 Å². The Hall–Kier alpha value is -9.85. The molecule has 0 saturated carbocycles. The Bertz CT molecular complexity index is 4940. The third-order valence-corrected chi connectivity index (χ3v) is 16.7. The van der Waals surface area contributed by atoms with Gasteiger partial charge in [-0.3, -0.25) is 9.37 Å². The van der Waals surface area contributed by atoms with Gasteiger partial charge in [0.05, 0.1) is 22.4 Å². The Morgan fingerprint density at radius 2 is 1.08 bits per heavy atom. The average Bonchev–Trinajstić information content (AvgIpc) is 1.67. The van der Waals surface area contributed by atoms with Crippen molar-refractivity contribution in [2.75, 3.05) is 0 Å². The van der Waals surface area contributed by atoms with Crippen molar-refractivity contribution in [1.29, 1.82) is 0 Å². The number of benzene rings is 10. The molecular weight excluding hydrogens is 1270 g/mol. The minimum absolute atomic E-state index is 0. The molecule has 10 aromatic carbocycles. The van der Waals surface area contributed by atoms with Gasteiger partial charge in [0.15, 0.2) is 0 Å². The van der Waals surface area contributed by atoms with Crippen molar-refractivity contribution < 1.29 is 33.3 Å². The summed E-state index contributed by atoms with van der Waals surface area (Å²) in [6.07, 6.45) is 7.44. The van der Waals surface area contributed by atoms with Crippen molar-refractivity contribution in [3.63, 3.8) is 0 Å². The van der Waals surface area contributed by atoms with Gasteiger partial charge < -0.3 is 23.4 Å². The van der Waals surface area contributed by atoms with Crippen LogP contribution in [0.25, 0.3) is 117 Å². The first-order valence-electron chi connectivity index (χ1n) is 30.3. The summed E-state index contributed by atoms with van der Waals surface area (Å²) < 4.78 is 28.4. The van der Waals surface area contributed by atoms with Gasteiger partial charge in [0.25, 0.3) is 0 Å². The van der Waals surface area contributed by atoms with E-state index < -0.39 is 0 Å². The molecule has 8 heteroatoms. The Morgan fingerprint density at radius 3 is 1.76 bits per heavy atom. The predicted octanol–water partition coefficient (Wildman–Crippen LogP) is 21.0. The number of rotatable bonds is 14. The van der Waals surface area contributed by atoms with Gasteiger partial charge in [-0.1, -0.05) is 172 Å². The largest absolute Gasteiger partial charge is 3.00 e. The van der Waals surface area contributed by atoms with Gasteiger partial charge in [-0.15, -0.1) is 83.4 Å². The number of furan rings is 2. The molecule has 0 aliphatic heterocycles. The van der Waals surface area contributed by atoms with Crippen LogP contribution in [0, 0.1) is 24.0 Å². The molecule has 5 aromatic heterocycles. The van der Waals surface area contributed by atoms with Crippen LogP contribution in [0.5, 0.6) is 0 Å². The molecule has 0 saturated heterocycles. The standard InChI is InChI=1S/C43H33N2O2.C38H29FN2.Ir/c1-25(2)34-22-28(27-20-21-31-29-12-5-9-18-38(29)46-40(31)24-27)23-35(26(3)4)41(34)45-37-17-8-7-16-36(37)44-43(45)33-15-11-14-32-30-13-6-10-19-39(30)47-42(32)33;39-36-20-18-34(19-21-36)38-22-15-29(27-41-38)10-12-31-24-30(25-35(26-31)32-6-2-1-3-7-32)11-9-28-13-16-33(17-14-28)37-8-4-5-23-40-37;/h5-14,16-26H,1-4H3;1-8,13-16,18,20-27H,9-12H2;/q-1;-2;+3. The topological polar surface area (TPSA) is 69.9 Å². The fourth-order valence-corrected chi connectivity index (χ4v) is 12.2. The molecule has 0 amide bonds. The third-order valence-electron chi connectivity index (χ3n) is 16.7. The third kappa shape index (κ3) is 12.0. The summed E-state index contributed by atoms with van der Waals surface area (Å²) in [6, 6.07) is 88.6. The van der Waals surface area contributed by atoms with Crippen LogP contribution in [0.4, 0.5) is 4.39 Å². The Kier molecular flexibility index (Phi) is 16.6. The molecule has 434 valence electrons. The number of pyridine rings is 2. The smallest absolute Gasteiger partial charge is 0.501 e. The zero-order valence-corrected chi connectivity index (χ0v) is 52.3. The van der Waals surface area contributed by atoms with E-state index >= 15 is 0 Å². The van der Waals surface area contributed by atoms with Crippen molar-refractivity contribution >= 4 is 54.9 Å². The minimum Gasteiger partial charge on any atom is -0.501 e. The van der Waals surface area contributed by atoms with Crippen LogP contribution in [-0.2, 0) is 45.8 Å². The molecule has 0 radical (unpaired) electrons. The first kappa shape index (κ1) is 58.2. The van der Waals surface area contributed by atoms with Gasteiger partial charge in [0.2, 0.25) is 0 Å². The molecule has 15 aromatic rings. The number of imidazole rings is 1. The number of hydrogen-bond acceptors (Lipinski definition) is 5. The maximum Gasteiger partial charge on any atom is 3.00 e. The second kappa shape index (κ2) is 25.5. The van der Waals surface area contributed by atoms with Gasteiger partial charge >= 0.3 is 20.1 Å². The SMILES string of the molecule is CC(C)c1cc(-c2ccc3c(c2)oc2ccccc23)cc(C(C)C)c1-n1c(-c2[c-]ccc3c2oc2ccccc23)nc2ccccc21.Fc1c[c-]c(-c2ccc(CCc3cc(CCc4c[c-]c(-c5ccccn5)cc4)cc(-c4ccccc4)c3)cn2)cc1.[Ir+3]. The molecule has 0 N–H and O–H groups in total. The van der Waals surface area contributed by atoms with Gasteiger partial charge in [0.1, 0.15) is 16.7 Å². The average molecular weight is 1330 g/mol. The minimum atomic E-state index is -0.292. The van der Waals surface area contributed by atoms with Crippen molar-refractivity contribution in [3.05, 3.63) is 300 Å². The second-order valence-corrected chi connectivity index (χ2v) is 23.3. The second-order valence-electron chi connectivity index (χ2n) is 23.3. The van der Waals surface area contributed by atoms with Gasteiger partial charge in [-0.2, -0.15) is 0 Å². The summed E-state index contributed by atoms with van der Waals surface area (Å²) in [5.41, 5.74) is 23.5. The normalized spacial score (nSPS) is 11.5. The molecule has 0 aliphatic carbocycles. The first-order valence-corrected chi connectivity index (χ1v) is 30.3. The van der Waals surface area contributed by atoms with Crippen molar-refractivity contribution in [1.82, 2.24) is 19.5 Å². The van der Waals surface area contributed by atoms with Crippen LogP contribution < -0.4 is 0 Å². The summed E-state index contributed by atoms with van der Waals surface area (Å²) in [5, 5.41) is 4.44. The molecule has 0 unspecified atom stereocenters.